The van der Waals surface area contributed by atoms with E-state index in [-0.39, 0.29) is 5.56 Å². The summed E-state index contributed by atoms with van der Waals surface area (Å²) in [4.78, 5) is 22.1. The molecule has 4 heteroatoms. The van der Waals surface area contributed by atoms with Crippen molar-refractivity contribution in [3.63, 3.8) is 0 Å². The minimum absolute atomic E-state index is 0.148. The van der Waals surface area contributed by atoms with Crippen LogP contribution in [-0.2, 0) is 0 Å². The van der Waals surface area contributed by atoms with Crippen LogP contribution in [0.4, 0.5) is 0 Å². The molecule has 0 radical (unpaired) electrons. The average Bonchev–Trinajstić information content (AvgIpc) is 2.08. The van der Waals surface area contributed by atoms with E-state index in [1.165, 1.54) is 6.07 Å². The molecule has 1 N–H and O–H groups in total. The lowest BCUT2D eigenvalue weighted by atomic mass is 10.3. The number of rotatable bonds is 0. The van der Waals surface area contributed by atoms with E-state index in [0.717, 1.165) is 16.9 Å². The molecule has 0 fully saturated rings. The lowest BCUT2D eigenvalue weighted by Crippen LogP contribution is -2.05. The number of fused-ring (bicyclic) bond motifs is 1. The monoisotopic (exact) mass is 175 g/mol. The fraction of sp³-hybridized carbons (Fsp3) is 0.222. The van der Waals surface area contributed by atoms with E-state index in [1.54, 1.807) is 6.07 Å². The predicted molar refractivity (Wildman–Crippen MR) is 49.6 cm³/mol. The molecular weight excluding hydrogens is 166 g/mol. The Hall–Kier alpha value is -1.71. The van der Waals surface area contributed by atoms with Crippen molar-refractivity contribution in [2.24, 2.45) is 0 Å². The molecule has 0 amide bonds. The van der Waals surface area contributed by atoms with Crippen molar-refractivity contribution in [1.82, 2.24) is 15.0 Å². The van der Waals surface area contributed by atoms with E-state index >= 15 is 0 Å². The number of aromatic amines is 1. The molecule has 4 nitrogen and oxygen atoms in total. The SMILES string of the molecule is Cc1nc2ccc(=O)[nH]c2nc1C. The first-order chi connectivity index (χ1) is 6.16. The fourth-order valence-electron chi connectivity index (χ4n) is 1.14. The van der Waals surface area contributed by atoms with Crippen molar-refractivity contribution in [2.45, 2.75) is 13.8 Å². The van der Waals surface area contributed by atoms with Crippen LogP contribution in [0.2, 0.25) is 0 Å². The Morgan fingerprint density at radius 3 is 2.62 bits per heavy atom. The van der Waals surface area contributed by atoms with Crippen molar-refractivity contribution in [3.05, 3.63) is 33.9 Å². The van der Waals surface area contributed by atoms with Crippen LogP contribution in [-0.4, -0.2) is 15.0 Å². The van der Waals surface area contributed by atoms with Gasteiger partial charge in [0.1, 0.15) is 5.52 Å². The van der Waals surface area contributed by atoms with Gasteiger partial charge in [0.15, 0.2) is 5.65 Å². The normalized spacial score (nSPS) is 10.6. The van der Waals surface area contributed by atoms with Crippen LogP contribution < -0.4 is 5.56 Å². The molecule has 0 unspecified atom stereocenters. The second-order valence-electron chi connectivity index (χ2n) is 2.95. The highest BCUT2D eigenvalue weighted by Crippen LogP contribution is 2.06. The summed E-state index contributed by atoms with van der Waals surface area (Å²) in [5.74, 6) is 0. The third-order valence-corrected chi connectivity index (χ3v) is 1.97. The van der Waals surface area contributed by atoms with Crippen LogP contribution in [0.5, 0.6) is 0 Å². The Labute approximate surface area is 74.7 Å². The zero-order valence-electron chi connectivity index (χ0n) is 7.46. The van der Waals surface area contributed by atoms with Crippen molar-refractivity contribution < 1.29 is 0 Å². The highest BCUT2D eigenvalue weighted by molar-refractivity contribution is 5.69. The zero-order valence-corrected chi connectivity index (χ0v) is 7.46. The van der Waals surface area contributed by atoms with Crippen molar-refractivity contribution in [1.29, 1.82) is 0 Å². The third-order valence-electron chi connectivity index (χ3n) is 1.97. The second-order valence-corrected chi connectivity index (χ2v) is 2.95. The molecule has 2 rings (SSSR count). The molecule has 0 saturated heterocycles. The summed E-state index contributed by atoms with van der Waals surface area (Å²) in [6.45, 7) is 3.76. The summed E-state index contributed by atoms with van der Waals surface area (Å²) in [7, 11) is 0. The Morgan fingerprint density at radius 1 is 1.15 bits per heavy atom. The summed E-state index contributed by atoms with van der Waals surface area (Å²) in [5.41, 5.74) is 2.86. The van der Waals surface area contributed by atoms with Crippen LogP contribution in [0.1, 0.15) is 11.4 Å². The van der Waals surface area contributed by atoms with E-state index in [2.05, 4.69) is 15.0 Å². The maximum atomic E-state index is 11.0. The van der Waals surface area contributed by atoms with Gasteiger partial charge in [0, 0.05) is 6.07 Å². The highest BCUT2D eigenvalue weighted by Gasteiger charge is 2.00. The molecule has 66 valence electrons. The molecule has 0 aliphatic rings. The molecule has 2 aromatic heterocycles. The Balaban J connectivity index is 2.89. The Morgan fingerprint density at radius 2 is 1.85 bits per heavy atom. The molecule has 2 aromatic rings. The van der Waals surface area contributed by atoms with Crippen LogP contribution in [0.25, 0.3) is 11.2 Å². The zero-order chi connectivity index (χ0) is 9.42. The number of aryl methyl sites for hydroxylation is 2. The van der Waals surface area contributed by atoms with E-state index in [0.29, 0.717) is 5.65 Å². The van der Waals surface area contributed by atoms with Gasteiger partial charge in [-0.15, -0.1) is 0 Å². The smallest absolute Gasteiger partial charge is 0.249 e. The van der Waals surface area contributed by atoms with Gasteiger partial charge in [-0.2, -0.15) is 0 Å². The maximum absolute atomic E-state index is 11.0. The topological polar surface area (TPSA) is 58.6 Å². The van der Waals surface area contributed by atoms with E-state index in [4.69, 9.17) is 0 Å². The Bertz CT molecular complexity index is 516. The maximum Gasteiger partial charge on any atom is 0.249 e. The number of hydrogen-bond acceptors (Lipinski definition) is 3. The van der Waals surface area contributed by atoms with Gasteiger partial charge in [-0.05, 0) is 19.9 Å². The minimum atomic E-state index is -0.148. The number of hydrogen-bond donors (Lipinski definition) is 1. The van der Waals surface area contributed by atoms with Crippen molar-refractivity contribution >= 4 is 11.2 Å². The van der Waals surface area contributed by atoms with Crippen LogP contribution in [0.3, 0.4) is 0 Å². The molecule has 13 heavy (non-hydrogen) atoms. The van der Waals surface area contributed by atoms with E-state index in [9.17, 15) is 4.79 Å². The highest BCUT2D eigenvalue weighted by atomic mass is 16.1. The van der Waals surface area contributed by atoms with Gasteiger partial charge in [0.2, 0.25) is 5.56 Å². The predicted octanol–water partition coefficient (Wildman–Crippen LogP) is 0.935. The van der Waals surface area contributed by atoms with E-state index in [1.807, 2.05) is 13.8 Å². The number of pyridine rings is 1. The fourth-order valence-corrected chi connectivity index (χ4v) is 1.14. The van der Waals surface area contributed by atoms with Crippen LogP contribution in [0.15, 0.2) is 16.9 Å². The van der Waals surface area contributed by atoms with Gasteiger partial charge in [0.25, 0.3) is 0 Å². The molecular formula is C9H9N3O. The van der Waals surface area contributed by atoms with Gasteiger partial charge in [-0.3, -0.25) is 4.79 Å². The summed E-state index contributed by atoms with van der Waals surface area (Å²) >= 11 is 0. The third kappa shape index (κ3) is 1.30. The van der Waals surface area contributed by atoms with E-state index < -0.39 is 0 Å². The number of nitrogens with zero attached hydrogens (tertiary/aromatic N) is 2. The molecule has 0 spiro atoms. The van der Waals surface area contributed by atoms with Crippen LogP contribution >= 0.6 is 0 Å². The standard InChI is InChI=1S/C9H9N3O/c1-5-6(2)11-9-7(10-5)3-4-8(13)12-9/h3-4H,1-2H3,(H,11,12,13). The molecule has 0 bridgehead atoms. The summed E-state index contributed by atoms with van der Waals surface area (Å²) in [6, 6.07) is 3.12. The molecule has 0 saturated carbocycles. The summed E-state index contributed by atoms with van der Waals surface area (Å²) in [6.07, 6.45) is 0. The molecule has 0 atom stereocenters. The minimum Gasteiger partial charge on any atom is -0.305 e. The summed E-state index contributed by atoms with van der Waals surface area (Å²) in [5, 5.41) is 0. The van der Waals surface area contributed by atoms with Gasteiger partial charge in [-0.1, -0.05) is 0 Å². The lowest BCUT2D eigenvalue weighted by molar-refractivity contribution is 1.07. The molecule has 0 aliphatic carbocycles. The van der Waals surface area contributed by atoms with Crippen molar-refractivity contribution in [2.75, 3.05) is 0 Å². The lowest BCUT2D eigenvalue weighted by Gasteiger charge is -2.00. The Kier molecular flexibility index (Phi) is 1.62. The van der Waals surface area contributed by atoms with Gasteiger partial charge in [-0.25, -0.2) is 9.97 Å². The molecule has 2 heterocycles. The first kappa shape index (κ1) is 7.91. The first-order valence-corrected chi connectivity index (χ1v) is 4.01. The van der Waals surface area contributed by atoms with Gasteiger partial charge in [0.05, 0.1) is 11.4 Å². The second kappa shape index (κ2) is 2.65. The molecule has 0 aliphatic heterocycles. The number of nitrogens with one attached hydrogen (secondary N) is 1. The quantitative estimate of drug-likeness (QED) is 0.648. The first-order valence-electron chi connectivity index (χ1n) is 4.01. The van der Waals surface area contributed by atoms with Gasteiger partial charge < -0.3 is 4.98 Å². The summed E-state index contributed by atoms with van der Waals surface area (Å²) < 4.78 is 0. The average molecular weight is 175 g/mol. The number of aromatic nitrogens is 3. The van der Waals surface area contributed by atoms with Gasteiger partial charge >= 0.3 is 0 Å². The van der Waals surface area contributed by atoms with Crippen molar-refractivity contribution in [3.8, 4) is 0 Å². The molecule has 0 aromatic carbocycles. The number of H-pyrrole nitrogens is 1. The largest absolute Gasteiger partial charge is 0.305 e. The van der Waals surface area contributed by atoms with Crippen LogP contribution in [0, 0.1) is 13.8 Å².